The lowest BCUT2D eigenvalue weighted by Gasteiger charge is -2.26. The fraction of sp³-hybridized carbons (Fsp3) is 0.409. The lowest BCUT2D eigenvalue weighted by atomic mass is 9.85. The third-order valence-corrected chi connectivity index (χ3v) is 7.09. The van der Waals surface area contributed by atoms with Gasteiger partial charge in [-0.25, -0.2) is 9.97 Å². The summed E-state index contributed by atoms with van der Waals surface area (Å²) in [6.45, 7) is 1.39. The second kappa shape index (κ2) is 8.22. The molecule has 0 saturated heterocycles. The van der Waals surface area contributed by atoms with Gasteiger partial charge in [0.1, 0.15) is 0 Å². The second-order valence-electron chi connectivity index (χ2n) is 8.08. The number of nitrogens with one attached hydrogen (secondary N) is 1. The van der Waals surface area contributed by atoms with Gasteiger partial charge in [-0.15, -0.1) is 0 Å². The van der Waals surface area contributed by atoms with E-state index in [-0.39, 0.29) is 29.7 Å². The number of fused-ring (bicyclic) bond motifs is 2. The van der Waals surface area contributed by atoms with Crippen LogP contribution in [0.1, 0.15) is 36.3 Å². The van der Waals surface area contributed by atoms with Crippen molar-refractivity contribution >= 4 is 39.2 Å². The zero-order valence-corrected chi connectivity index (χ0v) is 17.9. The van der Waals surface area contributed by atoms with E-state index in [1.165, 1.54) is 22.2 Å². The van der Waals surface area contributed by atoms with Crippen LogP contribution < -0.4 is 10.9 Å². The first-order valence-corrected chi connectivity index (χ1v) is 11.4. The Morgan fingerprint density at radius 2 is 2.06 bits per heavy atom. The van der Waals surface area contributed by atoms with Crippen LogP contribution >= 0.6 is 11.3 Å². The van der Waals surface area contributed by atoms with E-state index < -0.39 is 0 Å². The summed E-state index contributed by atoms with van der Waals surface area (Å²) < 4.78 is 1.50. The monoisotopic (exact) mass is 437 g/mol. The first-order chi connectivity index (χ1) is 15.1. The number of carbonyl (C=O) groups is 2. The molecule has 0 unspecified atom stereocenters. The van der Waals surface area contributed by atoms with Gasteiger partial charge in [-0.05, 0) is 25.0 Å². The molecule has 1 aromatic carbocycles. The standard InChI is InChI=1S/C22H23N5O3S/c28-19(9-11-27-13-23-16-7-2-1-6-15(16)21(27)30)26-10-8-17-18(12-26)31-22(24-17)25-20(29)14-4-3-5-14/h1-2,6-7,13-14H,3-5,8-12H2,(H,24,25,29). The van der Waals surface area contributed by atoms with E-state index in [1.807, 2.05) is 12.1 Å². The number of anilines is 1. The summed E-state index contributed by atoms with van der Waals surface area (Å²) in [5.74, 6) is 0.172. The lowest BCUT2D eigenvalue weighted by Crippen LogP contribution is -2.36. The second-order valence-corrected chi connectivity index (χ2v) is 9.17. The van der Waals surface area contributed by atoms with Crippen LogP contribution in [0.2, 0.25) is 0 Å². The van der Waals surface area contributed by atoms with Gasteiger partial charge in [0, 0.05) is 36.7 Å². The summed E-state index contributed by atoms with van der Waals surface area (Å²) in [4.78, 5) is 49.2. The van der Waals surface area contributed by atoms with Crippen molar-refractivity contribution in [2.45, 2.75) is 45.2 Å². The van der Waals surface area contributed by atoms with Gasteiger partial charge >= 0.3 is 0 Å². The minimum Gasteiger partial charge on any atom is -0.337 e. The number of aromatic nitrogens is 3. The zero-order chi connectivity index (χ0) is 21.4. The maximum atomic E-state index is 12.8. The highest BCUT2D eigenvalue weighted by atomic mass is 32.1. The third kappa shape index (κ3) is 3.97. The molecule has 0 atom stereocenters. The van der Waals surface area contributed by atoms with E-state index in [1.54, 1.807) is 17.0 Å². The van der Waals surface area contributed by atoms with Gasteiger partial charge in [0.2, 0.25) is 11.8 Å². The molecule has 0 bridgehead atoms. The van der Waals surface area contributed by atoms with Crippen LogP contribution in [0, 0.1) is 5.92 Å². The number of carbonyl (C=O) groups excluding carboxylic acids is 2. The van der Waals surface area contributed by atoms with Crippen molar-refractivity contribution in [1.29, 1.82) is 0 Å². The Morgan fingerprint density at radius 1 is 1.23 bits per heavy atom. The summed E-state index contributed by atoms with van der Waals surface area (Å²) in [7, 11) is 0. The summed E-state index contributed by atoms with van der Waals surface area (Å²) in [6.07, 6.45) is 5.44. The normalized spacial score (nSPS) is 16.1. The Hall–Kier alpha value is -3.07. The van der Waals surface area contributed by atoms with Gasteiger partial charge in [-0.2, -0.15) is 0 Å². The van der Waals surface area contributed by atoms with Crippen molar-refractivity contribution in [2.24, 2.45) is 5.92 Å². The number of nitrogens with zero attached hydrogens (tertiary/aromatic N) is 4. The predicted octanol–water partition coefficient (Wildman–Crippen LogP) is 2.57. The smallest absolute Gasteiger partial charge is 0.261 e. The van der Waals surface area contributed by atoms with Gasteiger partial charge in [0.15, 0.2) is 5.13 Å². The molecule has 0 spiro atoms. The van der Waals surface area contributed by atoms with E-state index in [4.69, 9.17) is 0 Å². The van der Waals surface area contributed by atoms with Crippen LogP contribution in [0.4, 0.5) is 5.13 Å². The average Bonchev–Trinajstić information content (AvgIpc) is 3.13. The summed E-state index contributed by atoms with van der Waals surface area (Å²) >= 11 is 1.45. The summed E-state index contributed by atoms with van der Waals surface area (Å²) in [5, 5.41) is 4.12. The molecule has 2 amide bonds. The van der Waals surface area contributed by atoms with Crippen LogP contribution in [0.3, 0.4) is 0 Å². The van der Waals surface area contributed by atoms with Crippen LogP contribution in [-0.2, 0) is 29.1 Å². The Labute approximate surface area is 182 Å². The molecule has 3 heterocycles. The lowest BCUT2D eigenvalue weighted by molar-refractivity contribution is -0.132. The number of aryl methyl sites for hydroxylation is 1. The fourth-order valence-electron chi connectivity index (χ4n) is 3.98. The van der Waals surface area contributed by atoms with Crippen LogP contribution in [0.5, 0.6) is 0 Å². The molecule has 9 heteroatoms. The van der Waals surface area contributed by atoms with E-state index in [9.17, 15) is 14.4 Å². The van der Waals surface area contributed by atoms with Crippen molar-refractivity contribution < 1.29 is 9.59 Å². The summed E-state index contributed by atoms with van der Waals surface area (Å²) in [5.41, 5.74) is 1.49. The van der Waals surface area contributed by atoms with Crippen LogP contribution in [-0.4, -0.2) is 37.8 Å². The van der Waals surface area contributed by atoms with Gasteiger partial charge in [-0.1, -0.05) is 29.9 Å². The molecule has 2 aliphatic rings. The van der Waals surface area contributed by atoms with Gasteiger partial charge in [-0.3, -0.25) is 19.0 Å². The number of para-hydroxylation sites is 1. The SMILES string of the molecule is O=C(Nc1nc2c(s1)CN(C(=O)CCn1cnc3ccccc3c1=O)CC2)C1CCC1. The molecule has 1 saturated carbocycles. The first-order valence-electron chi connectivity index (χ1n) is 10.6. The molecule has 31 heavy (non-hydrogen) atoms. The number of thiazole rings is 1. The molecule has 1 aliphatic carbocycles. The third-order valence-electron chi connectivity index (χ3n) is 6.09. The molecule has 160 valence electrons. The molecule has 0 radical (unpaired) electrons. The van der Waals surface area contributed by atoms with E-state index in [2.05, 4.69) is 15.3 Å². The van der Waals surface area contributed by atoms with Crippen molar-refractivity contribution in [3.63, 3.8) is 0 Å². The zero-order valence-electron chi connectivity index (χ0n) is 17.0. The molecule has 5 rings (SSSR count). The molecule has 3 aromatic rings. The van der Waals surface area contributed by atoms with Crippen LogP contribution in [0.25, 0.3) is 10.9 Å². The number of amides is 2. The van der Waals surface area contributed by atoms with E-state index in [0.29, 0.717) is 42.1 Å². The molecule has 1 fully saturated rings. The quantitative estimate of drug-likeness (QED) is 0.662. The fourth-order valence-corrected chi connectivity index (χ4v) is 5.01. The summed E-state index contributed by atoms with van der Waals surface area (Å²) in [6, 6.07) is 7.21. The highest BCUT2D eigenvalue weighted by Gasteiger charge is 2.28. The minimum absolute atomic E-state index is 0.000776. The van der Waals surface area contributed by atoms with Gasteiger partial charge < -0.3 is 10.2 Å². The van der Waals surface area contributed by atoms with Crippen molar-refractivity contribution in [3.05, 3.63) is 51.5 Å². The minimum atomic E-state index is -0.131. The van der Waals surface area contributed by atoms with E-state index in [0.717, 1.165) is 29.8 Å². The van der Waals surface area contributed by atoms with Gasteiger partial charge in [0.25, 0.3) is 5.56 Å². The molecular weight excluding hydrogens is 414 g/mol. The highest BCUT2D eigenvalue weighted by Crippen LogP contribution is 2.31. The van der Waals surface area contributed by atoms with E-state index >= 15 is 0 Å². The molecular formula is C22H23N5O3S. The van der Waals surface area contributed by atoms with Crippen molar-refractivity contribution in [1.82, 2.24) is 19.4 Å². The van der Waals surface area contributed by atoms with Gasteiger partial charge in [0.05, 0.1) is 29.5 Å². The maximum absolute atomic E-state index is 12.8. The molecule has 1 N–H and O–H groups in total. The number of hydrogen-bond donors (Lipinski definition) is 1. The number of rotatable bonds is 5. The highest BCUT2D eigenvalue weighted by molar-refractivity contribution is 7.15. The number of hydrogen-bond acceptors (Lipinski definition) is 6. The maximum Gasteiger partial charge on any atom is 0.261 e. The Balaban J connectivity index is 1.21. The average molecular weight is 438 g/mol. The predicted molar refractivity (Wildman–Crippen MR) is 118 cm³/mol. The van der Waals surface area contributed by atoms with Crippen molar-refractivity contribution in [2.75, 3.05) is 11.9 Å². The first kappa shape index (κ1) is 19.9. The van der Waals surface area contributed by atoms with Crippen molar-refractivity contribution in [3.8, 4) is 0 Å². The largest absolute Gasteiger partial charge is 0.337 e. The Bertz CT molecular complexity index is 1210. The van der Waals surface area contributed by atoms with Crippen LogP contribution in [0.15, 0.2) is 35.4 Å². The Kier molecular flexibility index (Phi) is 5.27. The Morgan fingerprint density at radius 3 is 2.87 bits per heavy atom. The molecule has 8 nitrogen and oxygen atoms in total. The topological polar surface area (TPSA) is 97.2 Å². The molecule has 1 aliphatic heterocycles. The number of benzene rings is 1. The molecule has 2 aromatic heterocycles.